The van der Waals surface area contributed by atoms with Gasteiger partial charge in [-0.2, -0.15) is 0 Å². The molecule has 0 aliphatic heterocycles. The molecule has 1 aromatic carbocycles. The Morgan fingerprint density at radius 3 is 2.41 bits per heavy atom. The molecular formula is C17H27NO4. The highest BCUT2D eigenvalue weighted by Gasteiger charge is 2.24. The molecule has 0 heterocycles. The normalized spacial score (nSPS) is 11.9. The van der Waals surface area contributed by atoms with Crippen molar-refractivity contribution in [3.63, 3.8) is 0 Å². The minimum atomic E-state index is -0.619. The van der Waals surface area contributed by atoms with Crippen LogP contribution in [0.4, 0.5) is 4.79 Å². The van der Waals surface area contributed by atoms with Crippen molar-refractivity contribution in [3.05, 3.63) is 29.8 Å². The number of carbonyl (C=O) groups excluding carboxylic acids is 2. The van der Waals surface area contributed by atoms with E-state index < -0.39 is 17.7 Å². The summed E-state index contributed by atoms with van der Waals surface area (Å²) in [6, 6.07) is 6.24. The topological polar surface area (TPSA) is 64.6 Å². The standard InChI is InChI=1S/C16H23NO4.CH4/c1-6-13(17-15(19)21-16(2,3)4)14(18)11-8-7-9-12(10-11)20-5;/h7-10,13H,6H2,1-5H3,(H,17,19);1H4/t13-;/m0./s1. The fourth-order valence-electron chi connectivity index (χ4n) is 1.78. The van der Waals surface area contributed by atoms with Crippen LogP contribution in [0.5, 0.6) is 5.75 Å². The molecule has 0 saturated carbocycles. The van der Waals surface area contributed by atoms with Gasteiger partial charge in [-0.25, -0.2) is 4.79 Å². The summed E-state index contributed by atoms with van der Waals surface area (Å²) < 4.78 is 10.3. The molecule has 124 valence electrons. The highest BCUT2D eigenvalue weighted by molar-refractivity contribution is 6.01. The van der Waals surface area contributed by atoms with Crippen molar-refractivity contribution in [2.45, 2.75) is 53.2 Å². The largest absolute Gasteiger partial charge is 0.497 e. The molecule has 0 radical (unpaired) electrons. The monoisotopic (exact) mass is 309 g/mol. The van der Waals surface area contributed by atoms with Crippen LogP contribution in [-0.4, -0.2) is 30.6 Å². The third-order valence-electron chi connectivity index (χ3n) is 2.77. The van der Waals surface area contributed by atoms with E-state index in [1.54, 1.807) is 52.1 Å². The number of rotatable bonds is 5. The van der Waals surface area contributed by atoms with E-state index in [9.17, 15) is 9.59 Å². The van der Waals surface area contributed by atoms with Crippen LogP contribution >= 0.6 is 0 Å². The number of ketones is 1. The van der Waals surface area contributed by atoms with E-state index in [0.717, 1.165) is 0 Å². The molecule has 0 bridgehead atoms. The van der Waals surface area contributed by atoms with Crippen molar-refractivity contribution in [1.82, 2.24) is 5.32 Å². The number of benzene rings is 1. The zero-order chi connectivity index (χ0) is 16.0. The van der Waals surface area contributed by atoms with Crippen molar-refractivity contribution >= 4 is 11.9 Å². The van der Waals surface area contributed by atoms with E-state index in [1.165, 1.54) is 0 Å². The van der Waals surface area contributed by atoms with Gasteiger partial charge in [0.15, 0.2) is 5.78 Å². The maximum Gasteiger partial charge on any atom is 0.408 e. The molecule has 5 heteroatoms. The molecule has 0 aromatic heterocycles. The van der Waals surface area contributed by atoms with Gasteiger partial charge in [0.2, 0.25) is 0 Å². The SMILES string of the molecule is C.CC[C@H](NC(=O)OC(C)(C)C)C(=O)c1cccc(OC)c1. The fraction of sp³-hybridized carbons (Fsp3) is 0.529. The van der Waals surface area contributed by atoms with Crippen molar-refractivity contribution in [2.24, 2.45) is 0 Å². The number of Topliss-reactive ketones (excluding diaryl/α,β-unsaturated/α-hetero) is 1. The molecule has 1 N–H and O–H groups in total. The predicted octanol–water partition coefficient (Wildman–Crippen LogP) is 3.82. The molecule has 0 unspecified atom stereocenters. The molecule has 0 fully saturated rings. The lowest BCUT2D eigenvalue weighted by molar-refractivity contribution is 0.0490. The smallest absolute Gasteiger partial charge is 0.408 e. The lowest BCUT2D eigenvalue weighted by Crippen LogP contribution is -2.43. The van der Waals surface area contributed by atoms with Crippen LogP contribution in [0, 0.1) is 0 Å². The summed E-state index contributed by atoms with van der Waals surface area (Å²) in [6.07, 6.45) is -0.111. The Hall–Kier alpha value is -2.04. The van der Waals surface area contributed by atoms with Gasteiger partial charge >= 0.3 is 6.09 Å². The Kier molecular flexibility index (Phi) is 7.63. The zero-order valence-corrected chi connectivity index (χ0v) is 13.2. The van der Waals surface area contributed by atoms with Gasteiger partial charge in [-0.3, -0.25) is 4.79 Å². The van der Waals surface area contributed by atoms with Gasteiger partial charge in [0.1, 0.15) is 11.4 Å². The molecule has 0 spiro atoms. The van der Waals surface area contributed by atoms with Crippen LogP contribution < -0.4 is 10.1 Å². The first-order chi connectivity index (χ1) is 9.76. The first-order valence-electron chi connectivity index (χ1n) is 6.94. The fourth-order valence-corrected chi connectivity index (χ4v) is 1.78. The van der Waals surface area contributed by atoms with Crippen molar-refractivity contribution in [3.8, 4) is 5.75 Å². The maximum absolute atomic E-state index is 12.4. The number of carbonyl (C=O) groups is 2. The van der Waals surface area contributed by atoms with Gasteiger partial charge < -0.3 is 14.8 Å². The average Bonchev–Trinajstić information content (AvgIpc) is 2.42. The van der Waals surface area contributed by atoms with Crippen LogP contribution in [-0.2, 0) is 4.74 Å². The molecule has 1 rings (SSSR count). The second-order valence-corrected chi connectivity index (χ2v) is 5.70. The van der Waals surface area contributed by atoms with Gasteiger partial charge in [0.05, 0.1) is 13.2 Å². The van der Waals surface area contributed by atoms with Crippen LogP contribution in [0.15, 0.2) is 24.3 Å². The summed E-state index contributed by atoms with van der Waals surface area (Å²) in [5.74, 6) is 0.440. The Morgan fingerprint density at radius 1 is 1.27 bits per heavy atom. The van der Waals surface area contributed by atoms with Crippen LogP contribution in [0.3, 0.4) is 0 Å². The highest BCUT2D eigenvalue weighted by atomic mass is 16.6. The van der Waals surface area contributed by atoms with Gasteiger partial charge in [0.25, 0.3) is 0 Å². The number of hydrogen-bond acceptors (Lipinski definition) is 4. The Balaban J connectivity index is 0.00000441. The van der Waals surface area contributed by atoms with E-state index in [4.69, 9.17) is 9.47 Å². The highest BCUT2D eigenvalue weighted by Crippen LogP contribution is 2.15. The van der Waals surface area contributed by atoms with Crippen LogP contribution in [0.1, 0.15) is 51.9 Å². The first-order valence-corrected chi connectivity index (χ1v) is 6.94. The maximum atomic E-state index is 12.4. The van der Waals surface area contributed by atoms with E-state index in [0.29, 0.717) is 17.7 Å². The second kappa shape index (κ2) is 8.41. The first kappa shape index (κ1) is 20.0. The molecule has 22 heavy (non-hydrogen) atoms. The Bertz CT molecular complexity index is 506. The number of hydrogen-bond donors (Lipinski definition) is 1. The van der Waals surface area contributed by atoms with Crippen molar-refractivity contribution in [1.29, 1.82) is 0 Å². The van der Waals surface area contributed by atoms with Crippen LogP contribution in [0.25, 0.3) is 0 Å². The quantitative estimate of drug-likeness (QED) is 0.840. The van der Waals surface area contributed by atoms with Gasteiger partial charge in [0, 0.05) is 5.56 Å². The van der Waals surface area contributed by atoms with Gasteiger partial charge in [-0.05, 0) is 39.3 Å². The van der Waals surface area contributed by atoms with Gasteiger partial charge in [-0.1, -0.05) is 26.5 Å². The molecule has 0 aliphatic carbocycles. The summed E-state index contributed by atoms with van der Waals surface area (Å²) >= 11 is 0. The average molecular weight is 309 g/mol. The number of alkyl carbamates (subject to hydrolysis) is 1. The summed E-state index contributed by atoms with van der Waals surface area (Å²) in [4.78, 5) is 24.2. The number of methoxy groups -OCH3 is 1. The molecule has 0 aliphatic rings. The van der Waals surface area contributed by atoms with E-state index in [1.807, 2.05) is 6.92 Å². The van der Waals surface area contributed by atoms with Crippen LogP contribution in [0.2, 0.25) is 0 Å². The zero-order valence-electron chi connectivity index (χ0n) is 13.2. The Labute approximate surface area is 133 Å². The second-order valence-electron chi connectivity index (χ2n) is 5.70. The summed E-state index contributed by atoms with van der Waals surface area (Å²) in [5, 5.41) is 2.61. The lowest BCUT2D eigenvalue weighted by Gasteiger charge is -2.22. The summed E-state index contributed by atoms with van der Waals surface area (Å²) in [7, 11) is 1.54. The Morgan fingerprint density at radius 2 is 1.91 bits per heavy atom. The predicted molar refractivity (Wildman–Crippen MR) is 87.5 cm³/mol. The molecule has 0 saturated heterocycles. The third kappa shape index (κ3) is 6.16. The summed E-state index contributed by atoms with van der Waals surface area (Å²) in [6.45, 7) is 7.16. The molecule has 1 aromatic rings. The van der Waals surface area contributed by atoms with E-state index in [2.05, 4.69) is 5.32 Å². The lowest BCUT2D eigenvalue weighted by atomic mass is 10.0. The van der Waals surface area contributed by atoms with E-state index in [-0.39, 0.29) is 13.2 Å². The minimum Gasteiger partial charge on any atom is -0.497 e. The van der Waals surface area contributed by atoms with Gasteiger partial charge in [-0.15, -0.1) is 0 Å². The molecule has 1 atom stereocenters. The number of nitrogens with one attached hydrogen (secondary N) is 1. The molecule has 5 nitrogen and oxygen atoms in total. The number of amides is 1. The van der Waals surface area contributed by atoms with Crippen molar-refractivity contribution in [2.75, 3.05) is 7.11 Å². The van der Waals surface area contributed by atoms with E-state index >= 15 is 0 Å². The van der Waals surface area contributed by atoms with Crippen molar-refractivity contribution < 1.29 is 19.1 Å². The molecule has 1 amide bonds. The minimum absolute atomic E-state index is 0. The molecular weight excluding hydrogens is 282 g/mol. The summed E-state index contributed by atoms with van der Waals surface area (Å²) in [5.41, 5.74) is -0.0984. The number of ether oxygens (including phenoxy) is 2. The third-order valence-corrected chi connectivity index (χ3v) is 2.77.